The van der Waals surface area contributed by atoms with Crippen LogP contribution in [0.4, 0.5) is 0 Å². The minimum absolute atomic E-state index is 0.0384. The van der Waals surface area contributed by atoms with Crippen molar-refractivity contribution in [2.24, 2.45) is 0 Å². The Morgan fingerprint density at radius 3 is 1.48 bits per heavy atom. The second-order valence-electron chi connectivity index (χ2n) is 6.40. The van der Waals surface area contributed by atoms with E-state index >= 15 is 0 Å². The maximum Gasteiger partial charge on any atom is 0.401 e. The Morgan fingerprint density at radius 1 is 0.697 bits per heavy atom. The third-order valence-electron chi connectivity index (χ3n) is 3.93. The van der Waals surface area contributed by atoms with Gasteiger partial charge in [-0.15, -0.1) is 0 Å². The van der Waals surface area contributed by atoms with Gasteiger partial charge in [-0.2, -0.15) is 0 Å². The van der Waals surface area contributed by atoms with E-state index in [1.54, 1.807) is 41.5 Å². The van der Waals surface area contributed by atoms with Gasteiger partial charge in [-0.3, -0.25) is 18.5 Å². The molecule has 0 atom stereocenters. The number of hydrogen-bond acceptors (Lipinski definition) is 11. The topological polar surface area (TPSA) is 137 Å². The van der Waals surface area contributed by atoms with Crippen molar-refractivity contribution in [3.8, 4) is 0 Å². The van der Waals surface area contributed by atoms with Gasteiger partial charge in [-0.05, 0) is 47.6 Å². The lowest BCUT2D eigenvalue weighted by molar-refractivity contribution is 0.0999. The zero-order chi connectivity index (χ0) is 25.1. The average Bonchev–Trinajstić information content (AvgIpc) is 3.09. The molecular formula is C19H35O11P3. The average molecular weight is 532 g/mol. The molecule has 33 heavy (non-hydrogen) atoms. The lowest BCUT2D eigenvalue weighted by Gasteiger charge is -2.18. The van der Waals surface area contributed by atoms with Gasteiger partial charge in [0.25, 0.3) is 5.52 Å². The van der Waals surface area contributed by atoms with Gasteiger partial charge in [0, 0.05) is 0 Å². The fourth-order valence-electron chi connectivity index (χ4n) is 2.91. The van der Waals surface area contributed by atoms with Crippen LogP contribution in [0.15, 0.2) is 10.5 Å². The third kappa shape index (κ3) is 8.84. The van der Waals surface area contributed by atoms with Gasteiger partial charge >= 0.3 is 22.8 Å². The van der Waals surface area contributed by atoms with E-state index in [1.165, 1.54) is 6.07 Å². The molecule has 0 N–H and O–H groups in total. The Kier molecular flexibility index (Phi) is 13.0. The van der Waals surface area contributed by atoms with Gasteiger partial charge in [0.2, 0.25) is 0 Å². The standard InChI is InChI=1S/C19H35O11P3/c1-7-24-31(21,25-8-2)14-16-13-17(19(20)33(23,28-11-5)29-12-6)18(30-16)15-32(22,26-9-3)27-10-4/h13H,7-12,14-15H2,1-6H3. The molecule has 0 aliphatic carbocycles. The number of rotatable bonds is 18. The summed E-state index contributed by atoms with van der Waals surface area (Å²) in [7, 11) is -11.5. The second kappa shape index (κ2) is 14.1. The first kappa shape index (κ1) is 30.4. The zero-order valence-corrected chi connectivity index (χ0v) is 22.7. The third-order valence-corrected chi connectivity index (χ3v) is 9.84. The van der Waals surface area contributed by atoms with Gasteiger partial charge in [0.15, 0.2) is 0 Å². The van der Waals surface area contributed by atoms with Crippen molar-refractivity contribution < 1.29 is 50.0 Å². The van der Waals surface area contributed by atoms with Crippen LogP contribution in [0.25, 0.3) is 0 Å². The monoisotopic (exact) mass is 532 g/mol. The molecule has 0 aliphatic heterocycles. The van der Waals surface area contributed by atoms with Crippen LogP contribution in [-0.2, 0) is 53.2 Å². The summed E-state index contributed by atoms with van der Waals surface area (Å²) in [5.41, 5.74) is -1.16. The lowest BCUT2D eigenvalue weighted by Crippen LogP contribution is -2.09. The van der Waals surface area contributed by atoms with E-state index < -0.39 is 34.5 Å². The Labute approximate surface area is 195 Å². The van der Waals surface area contributed by atoms with E-state index in [0.717, 1.165) is 0 Å². The molecule has 0 radical (unpaired) electrons. The van der Waals surface area contributed by atoms with Crippen molar-refractivity contribution in [2.45, 2.75) is 53.9 Å². The molecule has 0 aliphatic rings. The lowest BCUT2D eigenvalue weighted by atomic mass is 10.3. The fourth-order valence-corrected chi connectivity index (χ4v) is 7.60. The minimum atomic E-state index is -4.22. The molecule has 0 unspecified atom stereocenters. The molecule has 0 spiro atoms. The molecule has 1 aromatic rings. The van der Waals surface area contributed by atoms with E-state index in [2.05, 4.69) is 0 Å². The highest BCUT2D eigenvalue weighted by molar-refractivity contribution is 7.72. The van der Waals surface area contributed by atoms with Gasteiger partial charge in [0.1, 0.15) is 23.8 Å². The zero-order valence-electron chi connectivity index (χ0n) is 20.1. The van der Waals surface area contributed by atoms with Crippen LogP contribution in [0, 0.1) is 0 Å². The summed E-state index contributed by atoms with van der Waals surface area (Å²) in [6.45, 7) is 10.1. The summed E-state index contributed by atoms with van der Waals surface area (Å²) in [5.74, 6) is -0.0583. The summed E-state index contributed by atoms with van der Waals surface area (Å²) in [6.07, 6.45) is -0.711. The normalized spacial score (nSPS) is 12.9. The number of carbonyl (C=O) groups excluding carboxylic acids is 1. The summed E-state index contributed by atoms with van der Waals surface area (Å²) >= 11 is 0. The van der Waals surface area contributed by atoms with Crippen molar-refractivity contribution in [1.82, 2.24) is 0 Å². The Morgan fingerprint density at radius 2 is 1.09 bits per heavy atom. The highest BCUT2D eigenvalue weighted by Crippen LogP contribution is 2.57. The summed E-state index contributed by atoms with van der Waals surface area (Å²) in [5, 5.41) is 0. The Hall–Kier alpha value is -0.600. The van der Waals surface area contributed by atoms with Crippen LogP contribution < -0.4 is 0 Å². The quantitative estimate of drug-likeness (QED) is 0.199. The molecule has 1 rings (SSSR count). The molecule has 0 saturated heterocycles. The molecule has 0 bridgehead atoms. The molecule has 0 saturated carbocycles. The van der Waals surface area contributed by atoms with Crippen LogP contribution in [0.3, 0.4) is 0 Å². The van der Waals surface area contributed by atoms with Crippen LogP contribution in [0.2, 0.25) is 0 Å². The van der Waals surface area contributed by atoms with Crippen molar-refractivity contribution in [3.05, 3.63) is 23.2 Å². The van der Waals surface area contributed by atoms with E-state index in [0.29, 0.717) is 0 Å². The van der Waals surface area contributed by atoms with Crippen molar-refractivity contribution >= 4 is 28.3 Å². The molecule has 0 aromatic carbocycles. The number of carbonyl (C=O) groups is 1. The van der Waals surface area contributed by atoms with Crippen LogP contribution in [0.1, 0.15) is 63.4 Å². The SMILES string of the molecule is CCOP(=O)(Cc1cc(C(=O)P(=O)(OCC)OCC)c(CP(=O)(OCC)OCC)o1)OCC. The molecule has 0 fully saturated rings. The van der Waals surface area contributed by atoms with Gasteiger partial charge in [0.05, 0.1) is 45.2 Å². The van der Waals surface area contributed by atoms with E-state index in [4.69, 9.17) is 31.6 Å². The molecule has 1 heterocycles. The van der Waals surface area contributed by atoms with Crippen molar-refractivity contribution in [1.29, 1.82) is 0 Å². The van der Waals surface area contributed by atoms with Crippen molar-refractivity contribution in [2.75, 3.05) is 39.6 Å². The second-order valence-corrected chi connectivity index (χ2v) is 12.4. The predicted octanol–water partition coefficient (Wildman–Crippen LogP) is 6.22. The molecule has 0 amide bonds. The first-order valence-electron chi connectivity index (χ1n) is 10.9. The summed E-state index contributed by atoms with van der Waals surface area (Å²) in [4.78, 5) is 13.2. The molecular weight excluding hydrogens is 497 g/mol. The molecule has 11 nitrogen and oxygen atoms in total. The Balaban J connectivity index is 3.53. The molecule has 192 valence electrons. The molecule has 14 heteroatoms. The maximum atomic E-state index is 13.2. The smallest absolute Gasteiger partial charge is 0.401 e. The van der Waals surface area contributed by atoms with E-state index in [1.807, 2.05) is 0 Å². The predicted molar refractivity (Wildman–Crippen MR) is 123 cm³/mol. The Bertz CT molecular complexity index is 866. The number of furan rings is 1. The minimum Gasteiger partial charge on any atom is -0.464 e. The van der Waals surface area contributed by atoms with Crippen LogP contribution >= 0.6 is 22.8 Å². The summed E-state index contributed by atoms with van der Waals surface area (Å²) < 4.78 is 76.4. The number of hydrogen-bond donors (Lipinski definition) is 0. The van der Waals surface area contributed by atoms with Crippen LogP contribution in [-0.4, -0.2) is 45.2 Å². The first-order chi connectivity index (χ1) is 15.6. The summed E-state index contributed by atoms with van der Waals surface area (Å²) in [6, 6.07) is 1.26. The van der Waals surface area contributed by atoms with E-state index in [-0.39, 0.29) is 62.9 Å². The van der Waals surface area contributed by atoms with Gasteiger partial charge in [-0.25, -0.2) is 0 Å². The van der Waals surface area contributed by atoms with Crippen molar-refractivity contribution in [3.63, 3.8) is 0 Å². The largest absolute Gasteiger partial charge is 0.464 e. The highest BCUT2D eigenvalue weighted by atomic mass is 31.2. The highest BCUT2D eigenvalue weighted by Gasteiger charge is 2.41. The first-order valence-corrected chi connectivity index (χ1v) is 15.9. The van der Waals surface area contributed by atoms with Gasteiger partial charge < -0.3 is 31.6 Å². The van der Waals surface area contributed by atoms with Crippen LogP contribution in [0.5, 0.6) is 0 Å². The maximum absolute atomic E-state index is 13.2. The fraction of sp³-hybridized carbons (Fsp3) is 0.737. The van der Waals surface area contributed by atoms with Gasteiger partial charge in [-0.1, -0.05) is 0 Å². The van der Waals surface area contributed by atoms with E-state index in [9.17, 15) is 18.5 Å². The molecule has 1 aromatic heterocycles.